The Labute approximate surface area is 63.1 Å². The maximum absolute atomic E-state index is 5.74. The third-order valence-corrected chi connectivity index (χ3v) is 1.48. The summed E-state index contributed by atoms with van der Waals surface area (Å²) in [4.78, 5) is 0. The van der Waals surface area contributed by atoms with Crippen LogP contribution in [0.1, 0.15) is 33.6 Å². The van der Waals surface area contributed by atoms with E-state index in [0.717, 1.165) is 12.8 Å². The Bertz CT molecular complexity index is 122. The fourth-order valence-corrected chi connectivity index (χ4v) is 1.19. The molecule has 0 heterocycles. The molecule has 0 aromatic heterocycles. The predicted octanol–water partition coefficient (Wildman–Crippen LogP) is 2.52. The first-order chi connectivity index (χ1) is 4.58. The molecule has 0 aromatic rings. The van der Waals surface area contributed by atoms with Crippen molar-refractivity contribution in [1.29, 1.82) is 0 Å². The van der Waals surface area contributed by atoms with Crippen LogP contribution in [0.4, 0.5) is 0 Å². The second kappa shape index (κ2) is 2.75. The van der Waals surface area contributed by atoms with Crippen LogP contribution in [0.25, 0.3) is 0 Å². The first-order valence-corrected chi connectivity index (χ1v) is 3.91. The van der Waals surface area contributed by atoms with Crippen molar-refractivity contribution >= 4 is 0 Å². The molecule has 0 radical (unpaired) electrons. The Morgan fingerprint density at radius 1 is 1.20 bits per heavy atom. The van der Waals surface area contributed by atoms with Crippen molar-refractivity contribution < 1.29 is 4.74 Å². The Hall–Kier alpha value is -0.300. The van der Waals surface area contributed by atoms with E-state index in [2.05, 4.69) is 32.9 Å². The van der Waals surface area contributed by atoms with Crippen molar-refractivity contribution in [2.75, 3.05) is 0 Å². The van der Waals surface area contributed by atoms with Gasteiger partial charge in [0.25, 0.3) is 0 Å². The van der Waals surface area contributed by atoms with Gasteiger partial charge in [-0.3, -0.25) is 0 Å². The van der Waals surface area contributed by atoms with Gasteiger partial charge in [0, 0.05) is 0 Å². The van der Waals surface area contributed by atoms with E-state index in [9.17, 15) is 0 Å². The molecule has 0 saturated carbocycles. The molecule has 1 heteroatoms. The summed E-state index contributed by atoms with van der Waals surface area (Å²) in [7, 11) is 0. The fraction of sp³-hybridized carbons (Fsp3) is 0.778. The number of hydrogen-bond donors (Lipinski definition) is 0. The SMILES string of the molecule is CC(C)(C)OC1CC=CC1. The molecule has 0 N–H and O–H groups in total. The molecule has 0 unspecified atom stereocenters. The van der Waals surface area contributed by atoms with E-state index in [-0.39, 0.29) is 5.60 Å². The summed E-state index contributed by atoms with van der Waals surface area (Å²) in [5.74, 6) is 0. The Balaban J connectivity index is 2.26. The third kappa shape index (κ3) is 2.53. The summed E-state index contributed by atoms with van der Waals surface area (Å²) in [5.41, 5.74) is 0.0245. The molecule has 0 aromatic carbocycles. The highest BCUT2D eigenvalue weighted by atomic mass is 16.5. The second-order valence-corrected chi connectivity index (χ2v) is 3.80. The zero-order valence-electron chi connectivity index (χ0n) is 7.05. The van der Waals surface area contributed by atoms with Crippen LogP contribution in [0, 0.1) is 0 Å². The van der Waals surface area contributed by atoms with Gasteiger partial charge in [0.05, 0.1) is 11.7 Å². The van der Waals surface area contributed by atoms with Crippen LogP contribution >= 0.6 is 0 Å². The molecular weight excluding hydrogens is 124 g/mol. The van der Waals surface area contributed by atoms with Gasteiger partial charge in [-0.2, -0.15) is 0 Å². The largest absolute Gasteiger partial charge is 0.372 e. The minimum atomic E-state index is 0.0245. The summed E-state index contributed by atoms with van der Waals surface area (Å²) in [6.07, 6.45) is 7.02. The molecule has 0 spiro atoms. The van der Waals surface area contributed by atoms with Crippen molar-refractivity contribution in [3.05, 3.63) is 12.2 Å². The molecule has 1 rings (SSSR count). The first-order valence-electron chi connectivity index (χ1n) is 3.91. The van der Waals surface area contributed by atoms with Crippen LogP contribution < -0.4 is 0 Å². The topological polar surface area (TPSA) is 9.23 Å². The van der Waals surface area contributed by atoms with Gasteiger partial charge in [0.1, 0.15) is 0 Å². The van der Waals surface area contributed by atoms with Gasteiger partial charge in [0.15, 0.2) is 0 Å². The summed E-state index contributed by atoms with van der Waals surface area (Å²) in [5, 5.41) is 0. The van der Waals surface area contributed by atoms with Crippen molar-refractivity contribution in [3.63, 3.8) is 0 Å². The molecule has 1 aliphatic rings. The maximum Gasteiger partial charge on any atom is 0.0651 e. The summed E-state index contributed by atoms with van der Waals surface area (Å²) in [6, 6.07) is 0. The number of rotatable bonds is 1. The van der Waals surface area contributed by atoms with Gasteiger partial charge in [-0.25, -0.2) is 0 Å². The first kappa shape index (κ1) is 7.80. The van der Waals surface area contributed by atoms with Gasteiger partial charge in [0.2, 0.25) is 0 Å². The number of hydrogen-bond acceptors (Lipinski definition) is 1. The average Bonchev–Trinajstić information content (AvgIpc) is 2.12. The molecule has 0 saturated heterocycles. The molecule has 1 aliphatic carbocycles. The lowest BCUT2D eigenvalue weighted by Gasteiger charge is -2.24. The van der Waals surface area contributed by atoms with E-state index in [4.69, 9.17) is 4.74 Å². The van der Waals surface area contributed by atoms with E-state index in [1.165, 1.54) is 0 Å². The highest BCUT2D eigenvalue weighted by Crippen LogP contribution is 2.20. The molecule has 0 aliphatic heterocycles. The van der Waals surface area contributed by atoms with E-state index in [1.807, 2.05) is 0 Å². The normalized spacial score (nSPS) is 20.3. The van der Waals surface area contributed by atoms with Crippen molar-refractivity contribution in [1.82, 2.24) is 0 Å². The minimum Gasteiger partial charge on any atom is -0.372 e. The smallest absolute Gasteiger partial charge is 0.0651 e. The monoisotopic (exact) mass is 140 g/mol. The lowest BCUT2D eigenvalue weighted by atomic mass is 10.1. The van der Waals surface area contributed by atoms with E-state index in [1.54, 1.807) is 0 Å². The third-order valence-electron chi connectivity index (χ3n) is 1.48. The molecule has 0 bridgehead atoms. The van der Waals surface area contributed by atoms with E-state index < -0.39 is 0 Å². The van der Waals surface area contributed by atoms with Crippen LogP contribution in [-0.2, 0) is 4.74 Å². The van der Waals surface area contributed by atoms with Gasteiger partial charge >= 0.3 is 0 Å². The zero-order valence-corrected chi connectivity index (χ0v) is 7.05. The fourth-order valence-electron chi connectivity index (χ4n) is 1.19. The zero-order chi connectivity index (χ0) is 7.61. The van der Waals surface area contributed by atoms with Crippen LogP contribution in [0.3, 0.4) is 0 Å². The van der Waals surface area contributed by atoms with E-state index in [0.29, 0.717) is 6.10 Å². The molecule has 0 fully saturated rings. The summed E-state index contributed by atoms with van der Waals surface area (Å²) in [6.45, 7) is 6.31. The predicted molar refractivity (Wildman–Crippen MR) is 43.0 cm³/mol. The van der Waals surface area contributed by atoms with Crippen molar-refractivity contribution in [2.45, 2.75) is 45.3 Å². The van der Waals surface area contributed by atoms with Gasteiger partial charge < -0.3 is 4.74 Å². The average molecular weight is 140 g/mol. The highest BCUT2D eigenvalue weighted by Gasteiger charge is 2.18. The lowest BCUT2D eigenvalue weighted by Crippen LogP contribution is -2.25. The van der Waals surface area contributed by atoms with E-state index >= 15 is 0 Å². The van der Waals surface area contributed by atoms with Crippen molar-refractivity contribution in [3.8, 4) is 0 Å². The standard InChI is InChI=1S/C9H16O/c1-9(2,3)10-8-6-4-5-7-8/h4-5,8H,6-7H2,1-3H3. The lowest BCUT2D eigenvalue weighted by molar-refractivity contribution is -0.0533. The maximum atomic E-state index is 5.74. The quantitative estimate of drug-likeness (QED) is 0.508. The summed E-state index contributed by atoms with van der Waals surface area (Å²) < 4.78 is 5.74. The van der Waals surface area contributed by atoms with Gasteiger partial charge in [-0.15, -0.1) is 0 Å². The molecule has 0 atom stereocenters. The summed E-state index contributed by atoms with van der Waals surface area (Å²) >= 11 is 0. The van der Waals surface area contributed by atoms with Gasteiger partial charge in [-0.1, -0.05) is 12.2 Å². The van der Waals surface area contributed by atoms with Crippen LogP contribution in [0.2, 0.25) is 0 Å². The molecular formula is C9H16O. The Morgan fingerprint density at radius 2 is 1.70 bits per heavy atom. The second-order valence-electron chi connectivity index (χ2n) is 3.80. The number of ether oxygens (including phenoxy) is 1. The van der Waals surface area contributed by atoms with Crippen LogP contribution in [-0.4, -0.2) is 11.7 Å². The molecule has 10 heavy (non-hydrogen) atoms. The minimum absolute atomic E-state index is 0.0245. The van der Waals surface area contributed by atoms with Crippen molar-refractivity contribution in [2.24, 2.45) is 0 Å². The molecule has 58 valence electrons. The van der Waals surface area contributed by atoms with Gasteiger partial charge in [-0.05, 0) is 33.6 Å². The molecule has 0 amide bonds. The molecule has 1 nitrogen and oxygen atoms in total. The highest BCUT2D eigenvalue weighted by molar-refractivity contribution is 4.95. The Kier molecular flexibility index (Phi) is 2.14. The Morgan fingerprint density at radius 3 is 2.10 bits per heavy atom. The van der Waals surface area contributed by atoms with Crippen LogP contribution in [0.15, 0.2) is 12.2 Å². The van der Waals surface area contributed by atoms with Crippen LogP contribution in [0.5, 0.6) is 0 Å².